The van der Waals surface area contributed by atoms with Crippen molar-refractivity contribution in [1.29, 1.82) is 0 Å². The Morgan fingerprint density at radius 1 is 1.24 bits per heavy atom. The molecule has 0 saturated heterocycles. The van der Waals surface area contributed by atoms with Crippen molar-refractivity contribution >= 4 is 5.91 Å². The standard InChI is InChI=1S/C16H20N4O/c1-4-13(14-8-11(3)6-7-17-14)20-16(21)12-9-18-15(5-2)19-10-12/h6-10,13H,4-5H2,1-3H3,(H,20,21). The Hall–Kier alpha value is -2.30. The summed E-state index contributed by atoms with van der Waals surface area (Å²) in [5.41, 5.74) is 2.47. The molecule has 1 atom stereocenters. The van der Waals surface area contributed by atoms with E-state index in [-0.39, 0.29) is 11.9 Å². The number of nitrogens with one attached hydrogen (secondary N) is 1. The Morgan fingerprint density at radius 3 is 2.52 bits per heavy atom. The lowest BCUT2D eigenvalue weighted by Gasteiger charge is -2.16. The second-order valence-corrected chi connectivity index (χ2v) is 4.93. The molecule has 21 heavy (non-hydrogen) atoms. The Morgan fingerprint density at radius 2 is 1.95 bits per heavy atom. The maximum atomic E-state index is 12.3. The van der Waals surface area contributed by atoms with Crippen LogP contribution in [0.15, 0.2) is 30.7 Å². The quantitative estimate of drug-likeness (QED) is 0.916. The summed E-state index contributed by atoms with van der Waals surface area (Å²) in [6, 6.07) is 3.82. The minimum atomic E-state index is -0.173. The van der Waals surface area contributed by atoms with Crippen molar-refractivity contribution < 1.29 is 4.79 Å². The van der Waals surface area contributed by atoms with Crippen LogP contribution in [0.3, 0.4) is 0 Å². The molecule has 2 aromatic heterocycles. The van der Waals surface area contributed by atoms with Crippen molar-refractivity contribution in [2.24, 2.45) is 0 Å². The fraction of sp³-hybridized carbons (Fsp3) is 0.375. The lowest BCUT2D eigenvalue weighted by atomic mass is 10.1. The topological polar surface area (TPSA) is 67.8 Å². The zero-order chi connectivity index (χ0) is 15.2. The van der Waals surface area contributed by atoms with Crippen LogP contribution in [0, 0.1) is 6.92 Å². The van der Waals surface area contributed by atoms with Gasteiger partial charge in [-0.3, -0.25) is 9.78 Å². The van der Waals surface area contributed by atoms with Gasteiger partial charge < -0.3 is 5.32 Å². The number of amides is 1. The third-order valence-corrected chi connectivity index (χ3v) is 3.29. The van der Waals surface area contributed by atoms with Gasteiger partial charge in [0.1, 0.15) is 5.82 Å². The van der Waals surface area contributed by atoms with Gasteiger partial charge in [0.2, 0.25) is 0 Å². The maximum absolute atomic E-state index is 12.3. The largest absolute Gasteiger partial charge is 0.344 e. The number of nitrogens with zero attached hydrogens (tertiary/aromatic N) is 3. The Balaban J connectivity index is 2.12. The molecule has 0 aliphatic carbocycles. The minimum absolute atomic E-state index is 0.108. The summed E-state index contributed by atoms with van der Waals surface area (Å²) < 4.78 is 0. The van der Waals surface area contributed by atoms with E-state index in [9.17, 15) is 4.79 Å². The number of pyridine rings is 1. The van der Waals surface area contributed by atoms with Gasteiger partial charge in [-0.15, -0.1) is 0 Å². The van der Waals surface area contributed by atoms with Gasteiger partial charge in [-0.05, 0) is 31.0 Å². The first kappa shape index (κ1) is 15.1. The summed E-state index contributed by atoms with van der Waals surface area (Å²) in [7, 11) is 0. The molecule has 5 heteroatoms. The van der Waals surface area contributed by atoms with Gasteiger partial charge in [-0.25, -0.2) is 9.97 Å². The number of aryl methyl sites for hydroxylation is 2. The number of hydrogen-bond donors (Lipinski definition) is 1. The van der Waals surface area contributed by atoms with Crippen LogP contribution in [0.5, 0.6) is 0 Å². The van der Waals surface area contributed by atoms with Gasteiger partial charge in [0.25, 0.3) is 5.91 Å². The zero-order valence-electron chi connectivity index (χ0n) is 12.6. The van der Waals surface area contributed by atoms with E-state index < -0.39 is 0 Å². The van der Waals surface area contributed by atoms with Crippen molar-refractivity contribution in [1.82, 2.24) is 20.3 Å². The van der Waals surface area contributed by atoms with Crippen LogP contribution in [0.25, 0.3) is 0 Å². The summed E-state index contributed by atoms with van der Waals surface area (Å²) in [6.45, 7) is 6.01. The SMILES string of the molecule is CCc1ncc(C(=O)NC(CC)c2cc(C)ccn2)cn1. The highest BCUT2D eigenvalue weighted by atomic mass is 16.1. The smallest absolute Gasteiger partial charge is 0.254 e. The zero-order valence-corrected chi connectivity index (χ0v) is 12.6. The fourth-order valence-corrected chi connectivity index (χ4v) is 2.03. The summed E-state index contributed by atoms with van der Waals surface area (Å²) in [4.78, 5) is 24.9. The minimum Gasteiger partial charge on any atom is -0.344 e. The van der Waals surface area contributed by atoms with E-state index in [0.717, 1.165) is 29.9 Å². The molecule has 0 saturated carbocycles. The molecular weight excluding hydrogens is 264 g/mol. The van der Waals surface area contributed by atoms with E-state index in [2.05, 4.69) is 20.3 Å². The molecule has 0 bridgehead atoms. The molecule has 0 spiro atoms. The van der Waals surface area contributed by atoms with E-state index in [4.69, 9.17) is 0 Å². The average Bonchev–Trinajstić information content (AvgIpc) is 2.52. The van der Waals surface area contributed by atoms with Gasteiger partial charge in [-0.1, -0.05) is 13.8 Å². The number of carbonyl (C=O) groups is 1. The first-order valence-corrected chi connectivity index (χ1v) is 7.18. The molecule has 2 aromatic rings. The van der Waals surface area contributed by atoms with Crippen molar-refractivity contribution in [2.45, 2.75) is 39.7 Å². The molecular formula is C16H20N4O. The van der Waals surface area contributed by atoms with Crippen LogP contribution in [-0.2, 0) is 6.42 Å². The number of rotatable bonds is 5. The van der Waals surface area contributed by atoms with Crippen LogP contribution < -0.4 is 5.32 Å². The summed E-state index contributed by atoms with van der Waals surface area (Å²) in [5, 5.41) is 2.98. The number of carbonyl (C=O) groups excluding carboxylic acids is 1. The van der Waals surface area contributed by atoms with Crippen LogP contribution >= 0.6 is 0 Å². The number of aromatic nitrogens is 3. The predicted molar refractivity (Wildman–Crippen MR) is 80.9 cm³/mol. The van der Waals surface area contributed by atoms with Crippen LogP contribution in [0.4, 0.5) is 0 Å². The van der Waals surface area contributed by atoms with E-state index in [1.54, 1.807) is 18.6 Å². The van der Waals surface area contributed by atoms with Crippen LogP contribution in [0.1, 0.15) is 53.7 Å². The molecule has 5 nitrogen and oxygen atoms in total. The normalized spacial score (nSPS) is 12.0. The molecule has 1 unspecified atom stereocenters. The summed E-state index contributed by atoms with van der Waals surface area (Å²) in [5.74, 6) is 0.562. The third kappa shape index (κ3) is 3.84. The van der Waals surface area contributed by atoms with Crippen molar-refractivity contribution in [3.63, 3.8) is 0 Å². The number of hydrogen-bond acceptors (Lipinski definition) is 4. The Kier molecular flexibility index (Phi) is 4.98. The second-order valence-electron chi connectivity index (χ2n) is 4.93. The average molecular weight is 284 g/mol. The van der Waals surface area contributed by atoms with E-state index in [1.165, 1.54) is 0 Å². The molecule has 0 fully saturated rings. The third-order valence-electron chi connectivity index (χ3n) is 3.29. The van der Waals surface area contributed by atoms with Crippen molar-refractivity contribution in [3.8, 4) is 0 Å². The van der Waals surface area contributed by atoms with Gasteiger partial charge in [0.05, 0.1) is 17.3 Å². The Bertz CT molecular complexity index is 610. The lowest BCUT2D eigenvalue weighted by Crippen LogP contribution is -2.29. The van der Waals surface area contributed by atoms with Gasteiger partial charge in [-0.2, -0.15) is 0 Å². The van der Waals surface area contributed by atoms with Crippen molar-refractivity contribution in [3.05, 3.63) is 53.4 Å². The fourth-order valence-electron chi connectivity index (χ4n) is 2.03. The summed E-state index contributed by atoms with van der Waals surface area (Å²) in [6.07, 6.45) is 6.43. The van der Waals surface area contributed by atoms with Crippen LogP contribution in [0.2, 0.25) is 0 Å². The van der Waals surface area contributed by atoms with E-state index in [0.29, 0.717) is 5.56 Å². The van der Waals surface area contributed by atoms with E-state index in [1.807, 2.05) is 32.9 Å². The first-order chi connectivity index (χ1) is 10.1. The lowest BCUT2D eigenvalue weighted by molar-refractivity contribution is 0.0934. The highest BCUT2D eigenvalue weighted by Crippen LogP contribution is 2.15. The highest BCUT2D eigenvalue weighted by Gasteiger charge is 2.15. The molecule has 0 aromatic carbocycles. The van der Waals surface area contributed by atoms with Crippen molar-refractivity contribution in [2.75, 3.05) is 0 Å². The highest BCUT2D eigenvalue weighted by molar-refractivity contribution is 5.93. The molecule has 1 N–H and O–H groups in total. The molecule has 0 radical (unpaired) electrons. The molecule has 0 aliphatic rings. The summed E-state index contributed by atoms with van der Waals surface area (Å²) >= 11 is 0. The molecule has 1 amide bonds. The second kappa shape index (κ2) is 6.92. The van der Waals surface area contributed by atoms with Crippen LogP contribution in [-0.4, -0.2) is 20.9 Å². The van der Waals surface area contributed by atoms with Gasteiger partial charge in [0.15, 0.2) is 0 Å². The molecule has 2 heterocycles. The first-order valence-electron chi connectivity index (χ1n) is 7.18. The van der Waals surface area contributed by atoms with Gasteiger partial charge in [0, 0.05) is 25.0 Å². The predicted octanol–water partition coefficient (Wildman–Crippen LogP) is 2.62. The molecule has 110 valence electrons. The van der Waals surface area contributed by atoms with E-state index >= 15 is 0 Å². The Labute approximate surface area is 124 Å². The van der Waals surface area contributed by atoms with Gasteiger partial charge >= 0.3 is 0 Å². The molecule has 0 aliphatic heterocycles. The maximum Gasteiger partial charge on any atom is 0.254 e. The monoisotopic (exact) mass is 284 g/mol. The molecule has 2 rings (SSSR count).